The smallest absolute Gasteiger partial charge is 0.341 e. The highest BCUT2D eigenvalue weighted by molar-refractivity contribution is 7.12. The molecule has 1 aliphatic heterocycles. The molecular weight excluding hydrogens is 445 g/mol. The van der Waals surface area contributed by atoms with Crippen molar-refractivity contribution in [3.8, 4) is 5.13 Å². The van der Waals surface area contributed by atoms with Crippen molar-refractivity contribution >= 4 is 34.2 Å². The third-order valence-electron chi connectivity index (χ3n) is 6.01. The Kier molecular flexibility index (Phi) is 5.65. The number of pyridine rings is 2. The zero-order chi connectivity index (χ0) is 21.0. The minimum atomic E-state index is -1.38. The number of aromatic nitrogens is 3. The average Bonchev–Trinajstić information content (AvgIpc) is 3.38. The quantitative estimate of drug-likeness (QED) is 0.377. The lowest BCUT2D eigenvalue weighted by atomic mass is 9.83. The number of rotatable bonds is 3. The van der Waals surface area contributed by atoms with Gasteiger partial charge in [-0.15, -0.1) is 11.3 Å². The number of fused-ring (bicyclic) bond motifs is 2. The van der Waals surface area contributed by atoms with Crippen molar-refractivity contribution in [1.29, 1.82) is 0 Å². The van der Waals surface area contributed by atoms with Gasteiger partial charge < -0.3 is 23.2 Å². The lowest BCUT2D eigenvalue weighted by molar-refractivity contribution is -0.825. The fourth-order valence-electron chi connectivity index (χ4n) is 4.56. The minimum Gasteiger partial charge on any atom is -1.00 e. The number of nitrogens with two attached hydrogens (primary N) is 1. The summed E-state index contributed by atoms with van der Waals surface area (Å²) in [5.41, 5.74) is 5.20. The standard InChI is InChI=1S/C20H18FN5O3S.ClH/c21-14-6-11-16(27)13(19(28)29)9-26(20-23-4-5-30-20)17(11)24-18(14)25-7-10-2-1-3-15(22)12(10)8-25;/h1,3-6,9-10,12,15H,2,7-8,22H2,(H,28,29);1H/t10-,12+,15-;/m0./s1. The normalized spacial score (nSPS) is 24.7. The number of halogens is 2. The Hall–Kier alpha value is -2.66. The molecule has 0 amide bonds. The first kappa shape index (κ1) is 21.6. The Labute approximate surface area is 186 Å². The molecule has 1 unspecified atom stereocenters. The van der Waals surface area contributed by atoms with Crippen molar-refractivity contribution in [3.05, 3.63) is 57.6 Å². The number of nitrogens with one attached hydrogen (secondary N) is 1. The van der Waals surface area contributed by atoms with Gasteiger partial charge in [0.05, 0.1) is 18.5 Å². The predicted molar refractivity (Wildman–Crippen MR) is 109 cm³/mol. The van der Waals surface area contributed by atoms with Crippen LogP contribution >= 0.6 is 11.3 Å². The Morgan fingerprint density at radius 1 is 1.39 bits per heavy atom. The molecule has 0 saturated carbocycles. The van der Waals surface area contributed by atoms with Gasteiger partial charge in [0.2, 0.25) is 11.2 Å². The second kappa shape index (κ2) is 8.12. The molecule has 0 radical (unpaired) electrons. The lowest BCUT2D eigenvalue weighted by Gasteiger charge is -2.22. The highest BCUT2D eigenvalue weighted by atomic mass is 35.5. The molecule has 0 aromatic carbocycles. The molecule has 4 N–H and O–H groups in total. The summed E-state index contributed by atoms with van der Waals surface area (Å²) in [5.74, 6) is -1.18. The van der Waals surface area contributed by atoms with Gasteiger partial charge in [0.25, 0.3) is 5.82 Å². The molecule has 162 valence electrons. The van der Waals surface area contributed by atoms with Gasteiger partial charge in [-0.05, 0) is 12.5 Å². The molecule has 11 heteroatoms. The zero-order valence-electron chi connectivity index (χ0n) is 16.2. The summed E-state index contributed by atoms with van der Waals surface area (Å²) < 4.78 is 16.5. The molecule has 4 heterocycles. The molecule has 0 spiro atoms. The van der Waals surface area contributed by atoms with E-state index in [2.05, 4.69) is 16.0 Å². The molecule has 1 aliphatic carbocycles. The first-order valence-electron chi connectivity index (χ1n) is 9.60. The van der Waals surface area contributed by atoms with Gasteiger partial charge in [-0.3, -0.25) is 14.3 Å². The van der Waals surface area contributed by atoms with Crippen LogP contribution in [-0.4, -0.2) is 44.7 Å². The largest absolute Gasteiger partial charge is 1.00 e. The van der Waals surface area contributed by atoms with Gasteiger partial charge in [0.15, 0.2) is 10.8 Å². The van der Waals surface area contributed by atoms with E-state index in [0.29, 0.717) is 24.1 Å². The summed E-state index contributed by atoms with van der Waals surface area (Å²) >= 11 is 1.27. The van der Waals surface area contributed by atoms with E-state index in [4.69, 9.17) is 5.73 Å². The van der Waals surface area contributed by atoms with E-state index in [-0.39, 0.29) is 41.2 Å². The second-order valence-electron chi connectivity index (χ2n) is 7.73. The molecule has 2 aliphatic rings. The number of thiazole rings is 1. The number of hydrogen-bond acceptors (Lipinski definition) is 6. The molecule has 5 rings (SSSR count). The highest BCUT2D eigenvalue weighted by Gasteiger charge is 2.42. The maximum absolute atomic E-state index is 15.1. The van der Waals surface area contributed by atoms with E-state index in [0.717, 1.165) is 17.4 Å². The SMILES string of the molecule is N[C@H]1C=CC[C@H]2C[NH+](c3nc4c(cc3F)c(=O)c(C(=O)O)cn4-c3nccs3)C[C@H]21.[Cl-]. The van der Waals surface area contributed by atoms with Crippen molar-refractivity contribution in [2.75, 3.05) is 13.1 Å². The number of allylic oxidation sites excluding steroid dienone is 1. The molecule has 31 heavy (non-hydrogen) atoms. The molecule has 0 bridgehead atoms. The van der Waals surface area contributed by atoms with E-state index in [1.807, 2.05) is 6.08 Å². The molecule has 3 aromatic heterocycles. The van der Waals surface area contributed by atoms with Crippen molar-refractivity contribution in [2.45, 2.75) is 12.5 Å². The molecular formula is C20H19ClFN5O3S. The van der Waals surface area contributed by atoms with Gasteiger partial charge in [-0.2, -0.15) is 9.37 Å². The van der Waals surface area contributed by atoms with Gasteiger partial charge in [0, 0.05) is 35.7 Å². The fraction of sp³-hybridized carbons (Fsp3) is 0.300. The van der Waals surface area contributed by atoms with Crippen LogP contribution in [0.2, 0.25) is 0 Å². The summed E-state index contributed by atoms with van der Waals surface area (Å²) in [5, 5.41) is 11.5. The van der Waals surface area contributed by atoms with Crippen LogP contribution in [0.4, 0.5) is 10.2 Å². The monoisotopic (exact) mass is 463 g/mol. The lowest BCUT2D eigenvalue weighted by Crippen LogP contribution is -3.06. The predicted octanol–water partition coefficient (Wildman–Crippen LogP) is -2.27. The van der Waals surface area contributed by atoms with Crippen LogP contribution in [0.3, 0.4) is 0 Å². The number of quaternary nitrogens is 1. The maximum atomic E-state index is 15.1. The number of hydrogen-bond donors (Lipinski definition) is 3. The van der Waals surface area contributed by atoms with E-state index < -0.39 is 22.8 Å². The van der Waals surface area contributed by atoms with Crippen molar-refractivity contribution in [1.82, 2.24) is 14.5 Å². The number of carboxylic acids is 1. The maximum Gasteiger partial charge on any atom is 0.341 e. The Bertz CT molecular complexity index is 1250. The molecule has 8 nitrogen and oxygen atoms in total. The zero-order valence-corrected chi connectivity index (χ0v) is 17.7. The Balaban J connectivity index is 0.00000231. The van der Waals surface area contributed by atoms with Gasteiger partial charge >= 0.3 is 5.97 Å². The van der Waals surface area contributed by atoms with Crippen LogP contribution in [0.1, 0.15) is 16.8 Å². The molecule has 1 saturated heterocycles. The first-order chi connectivity index (χ1) is 14.4. The third-order valence-corrected chi connectivity index (χ3v) is 6.78. The Morgan fingerprint density at radius 3 is 2.87 bits per heavy atom. The topological polar surface area (TPSA) is 116 Å². The van der Waals surface area contributed by atoms with Gasteiger partial charge in [-0.1, -0.05) is 12.2 Å². The van der Waals surface area contributed by atoms with Crippen molar-refractivity contribution < 1.29 is 31.6 Å². The summed E-state index contributed by atoms with van der Waals surface area (Å²) in [6, 6.07) is 1.04. The second-order valence-corrected chi connectivity index (χ2v) is 8.60. The van der Waals surface area contributed by atoms with E-state index in [1.165, 1.54) is 22.1 Å². The van der Waals surface area contributed by atoms with E-state index >= 15 is 4.39 Å². The van der Waals surface area contributed by atoms with Gasteiger partial charge in [0.1, 0.15) is 5.56 Å². The van der Waals surface area contributed by atoms with Crippen LogP contribution in [0.15, 0.2) is 40.8 Å². The van der Waals surface area contributed by atoms with Gasteiger partial charge in [-0.25, -0.2) is 9.78 Å². The Morgan fingerprint density at radius 2 is 2.19 bits per heavy atom. The fourth-order valence-corrected chi connectivity index (χ4v) is 5.18. The minimum absolute atomic E-state index is 0. The number of carboxylic acid groups (broad SMARTS) is 1. The van der Waals surface area contributed by atoms with Crippen LogP contribution in [0, 0.1) is 17.7 Å². The molecule has 4 atom stereocenters. The third kappa shape index (κ3) is 3.55. The number of carbonyl (C=O) groups is 1. The summed E-state index contributed by atoms with van der Waals surface area (Å²) in [6.45, 7) is 1.35. The van der Waals surface area contributed by atoms with Crippen molar-refractivity contribution in [2.24, 2.45) is 17.6 Å². The van der Waals surface area contributed by atoms with Crippen LogP contribution in [0.5, 0.6) is 0 Å². The first-order valence-corrected chi connectivity index (χ1v) is 10.5. The van der Waals surface area contributed by atoms with E-state index in [9.17, 15) is 14.7 Å². The summed E-state index contributed by atoms with van der Waals surface area (Å²) in [6.07, 6.45) is 7.76. The summed E-state index contributed by atoms with van der Waals surface area (Å²) in [4.78, 5) is 33.8. The van der Waals surface area contributed by atoms with Crippen molar-refractivity contribution in [3.63, 3.8) is 0 Å². The van der Waals surface area contributed by atoms with Crippen LogP contribution < -0.4 is 28.5 Å². The van der Waals surface area contributed by atoms with E-state index in [1.54, 1.807) is 11.6 Å². The van der Waals surface area contributed by atoms with Crippen LogP contribution in [-0.2, 0) is 0 Å². The highest BCUT2D eigenvalue weighted by Crippen LogP contribution is 2.28. The average molecular weight is 464 g/mol. The summed E-state index contributed by atoms with van der Waals surface area (Å²) in [7, 11) is 0. The number of aromatic carboxylic acids is 1. The number of nitrogens with zero attached hydrogens (tertiary/aromatic N) is 3. The van der Waals surface area contributed by atoms with Crippen LogP contribution in [0.25, 0.3) is 16.2 Å². The molecule has 1 fully saturated rings. The molecule has 3 aromatic rings.